The van der Waals surface area contributed by atoms with Crippen LogP contribution in [0.2, 0.25) is 0 Å². The summed E-state index contributed by atoms with van der Waals surface area (Å²) in [6.45, 7) is 7.80. The van der Waals surface area contributed by atoms with Crippen molar-refractivity contribution in [2.45, 2.75) is 44.6 Å². The number of anilines is 1. The Balaban J connectivity index is 1.47. The number of carbonyl (C=O) groups is 1. The second-order valence-electron chi connectivity index (χ2n) is 8.58. The monoisotopic (exact) mass is 441 g/mol. The largest absolute Gasteiger partial charge is 0.312 e. The van der Waals surface area contributed by atoms with Gasteiger partial charge in [-0.1, -0.05) is 29.8 Å². The summed E-state index contributed by atoms with van der Waals surface area (Å²) in [5.74, 6) is -0.00209. The van der Waals surface area contributed by atoms with Crippen LogP contribution in [0.5, 0.6) is 0 Å². The molecule has 166 valence electrons. The molecule has 0 spiro atoms. The molecule has 0 aliphatic carbocycles. The Morgan fingerprint density at radius 1 is 0.935 bits per heavy atom. The van der Waals surface area contributed by atoms with Crippen LogP contribution in [0.3, 0.4) is 0 Å². The van der Waals surface area contributed by atoms with Crippen LogP contribution >= 0.6 is 0 Å². The highest BCUT2D eigenvalue weighted by Gasteiger charge is 2.29. The second-order valence-corrected chi connectivity index (χ2v) is 10.5. The number of carbonyl (C=O) groups excluding carboxylic acids is 1. The average molecular weight is 442 g/mol. The number of aryl methyl sites for hydroxylation is 2. The molecule has 2 aromatic carbocycles. The summed E-state index contributed by atoms with van der Waals surface area (Å²) in [6.07, 6.45) is 2.47. The number of fused-ring (bicyclic) bond motifs is 1. The van der Waals surface area contributed by atoms with E-state index in [1.54, 1.807) is 34.3 Å². The van der Waals surface area contributed by atoms with Gasteiger partial charge >= 0.3 is 0 Å². The fourth-order valence-electron chi connectivity index (χ4n) is 4.51. The summed E-state index contributed by atoms with van der Waals surface area (Å²) in [6, 6.07) is 13.8. The van der Waals surface area contributed by atoms with Gasteiger partial charge in [0.1, 0.15) is 0 Å². The Kier molecular flexibility index (Phi) is 6.46. The minimum absolute atomic E-state index is 0.00209. The number of nitrogens with zero attached hydrogens (tertiary/aromatic N) is 3. The maximum atomic E-state index is 13.4. The molecule has 2 aliphatic heterocycles. The van der Waals surface area contributed by atoms with Gasteiger partial charge < -0.3 is 4.90 Å². The van der Waals surface area contributed by atoms with E-state index in [1.807, 2.05) is 0 Å². The average Bonchev–Trinajstić information content (AvgIpc) is 3.00. The molecular formula is C24H31N3O3S. The summed E-state index contributed by atoms with van der Waals surface area (Å²) in [5.41, 5.74) is 4.29. The quantitative estimate of drug-likeness (QED) is 0.731. The van der Waals surface area contributed by atoms with Gasteiger partial charge in [-0.2, -0.15) is 4.31 Å². The molecule has 0 saturated carbocycles. The van der Waals surface area contributed by atoms with Gasteiger partial charge in [0, 0.05) is 45.3 Å². The molecule has 1 fully saturated rings. The van der Waals surface area contributed by atoms with Gasteiger partial charge in [-0.3, -0.25) is 9.69 Å². The normalized spacial score (nSPS) is 18.5. The smallest absolute Gasteiger partial charge is 0.243 e. The fraction of sp³-hybridized carbons (Fsp3) is 0.458. The van der Waals surface area contributed by atoms with Crippen LogP contribution in [-0.4, -0.2) is 56.3 Å². The summed E-state index contributed by atoms with van der Waals surface area (Å²) in [7, 11) is -3.56. The number of amides is 1. The molecule has 1 amide bonds. The molecule has 2 aromatic rings. The molecule has 6 nitrogen and oxygen atoms in total. The van der Waals surface area contributed by atoms with E-state index < -0.39 is 10.0 Å². The van der Waals surface area contributed by atoms with Crippen molar-refractivity contribution in [1.82, 2.24) is 9.21 Å². The van der Waals surface area contributed by atoms with Crippen LogP contribution in [0, 0.1) is 6.92 Å². The van der Waals surface area contributed by atoms with E-state index in [9.17, 15) is 13.2 Å². The molecule has 4 rings (SSSR count). The molecule has 2 aliphatic rings. The van der Waals surface area contributed by atoms with Gasteiger partial charge in [0.2, 0.25) is 15.9 Å². The lowest BCUT2D eigenvalue weighted by molar-refractivity contribution is -0.116. The van der Waals surface area contributed by atoms with Crippen LogP contribution in [0.4, 0.5) is 5.69 Å². The third-order valence-corrected chi connectivity index (χ3v) is 8.16. The number of hydrogen-bond acceptors (Lipinski definition) is 4. The van der Waals surface area contributed by atoms with E-state index in [-0.39, 0.29) is 5.91 Å². The van der Waals surface area contributed by atoms with Crippen LogP contribution in [-0.2, 0) is 27.8 Å². The number of rotatable bonds is 4. The van der Waals surface area contributed by atoms with Gasteiger partial charge in [-0.25, -0.2) is 8.42 Å². The first-order valence-electron chi connectivity index (χ1n) is 11.0. The minimum atomic E-state index is -3.56. The van der Waals surface area contributed by atoms with E-state index in [1.165, 1.54) is 11.1 Å². The maximum absolute atomic E-state index is 13.4. The van der Waals surface area contributed by atoms with E-state index in [4.69, 9.17) is 0 Å². The van der Waals surface area contributed by atoms with Crippen molar-refractivity contribution < 1.29 is 13.2 Å². The van der Waals surface area contributed by atoms with Crippen LogP contribution in [0.25, 0.3) is 0 Å². The third kappa shape index (κ3) is 4.84. The molecule has 0 atom stereocenters. The first-order chi connectivity index (χ1) is 14.8. The second kappa shape index (κ2) is 9.10. The van der Waals surface area contributed by atoms with Crippen molar-refractivity contribution in [1.29, 1.82) is 0 Å². The van der Waals surface area contributed by atoms with Crippen molar-refractivity contribution in [3.63, 3.8) is 0 Å². The highest BCUT2D eigenvalue weighted by Crippen LogP contribution is 2.30. The molecule has 0 unspecified atom stereocenters. The fourth-order valence-corrected chi connectivity index (χ4v) is 6.03. The molecule has 0 bridgehead atoms. The third-order valence-electron chi connectivity index (χ3n) is 6.26. The molecule has 1 saturated heterocycles. The Morgan fingerprint density at radius 3 is 2.45 bits per heavy atom. The Hall–Kier alpha value is -2.22. The highest BCUT2D eigenvalue weighted by molar-refractivity contribution is 7.89. The number of benzene rings is 2. The predicted octanol–water partition coefficient (Wildman–Crippen LogP) is 3.19. The summed E-state index contributed by atoms with van der Waals surface area (Å²) in [5, 5.41) is 0. The summed E-state index contributed by atoms with van der Waals surface area (Å²) >= 11 is 0. The van der Waals surface area contributed by atoms with E-state index in [0.717, 1.165) is 50.1 Å². The number of sulfonamides is 1. The van der Waals surface area contributed by atoms with Crippen molar-refractivity contribution in [3.05, 3.63) is 59.2 Å². The zero-order valence-electron chi connectivity index (χ0n) is 18.4. The van der Waals surface area contributed by atoms with Crippen molar-refractivity contribution in [3.8, 4) is 0 Å². The van der Waals surface area contributed by atoms with Crippen molar-refractivity contribution >= 4 is 21.6 Å². The minimum Gasteiger partial charge on any atom is -0.312 e. The molecule has 31 heavy (non-hydrogen) atoms. The molecule has 0 radical (unpaired) electrons. The highest BCUT2D eigenvalue weighted by atomic mass is 32.2. The lowest BCUT2D eigenvalue weighted by atomic mass is 10.0. The summed E-state index contributed by atoms with van der Waals surface area (Å²) in [4.78, 5) is 16.3. The molecular weight excluding hydrogens is 410 g/mol. The summed E-state index contributed by atoms with van der Waals surface area (Å²) < 4.78 is 28.4. The first kappa shape index (κ1) is 22.0. The van der Waals surface area contributed by atoms with Crippen LogP contribution < -0.4 is 4.90 Å². The predicted molar refractivity (Wildman–Crippen MR) is 123 cm³/mol. The van der Waals surface area contributed by atoms with E-state index in [0.29, 0.717) is 24.5 Å². The topological polar surface area (TPSA) is 60.9 Å². The van der Waals surface area contributed by atoms with Gasteiger partial charge in [-0.05, 0) is 62.1 Å². The Bertz CT molecular complexity index is 1050. The SMILES string of the molecule is CC(=O)N1CCCc2cc(S(=O)(=O)N3CCCN(Cc4ccc(C)cc4)CC3)ccc21. The zero-order valence-corrected chi connectivity index (χ0v) is 19.2. The van der Waals surface area contributed by atoms with Gasteiger partial charge in [0.05, 0.1) is 4.90 Å². The lowest BCUT2D eigenvalue weighted by Crippen LogP contribution is -2.36. The molecule has 7 heteroatoms. The lowest BCUT2D eigenvalue weighted by Gasteiger charge is -2.29. The van der Waals surface area contributed by atoms with E-state index >= 15 is 0 Å². The Labute approximate surface area is 185 Å². The van der Waals surface area contributed by atoms with Crippen LogP contribution in [0.1, 0.15) is 36.5 Å². The number of hydrogen-bond donors (Lipinski definition) is 0. The van der Waals surface area contributed by atoms with Gasteiger partial charge in [0.25, 0.3) is 0 Å². The molecule has 2 heterocycles. The van der Waals surface area contributed by atoms with Gasteiger partial charge in [0.15, 0.2) is 0 Å². The zero-order chi connectivity index (χ0) is 22.0. The molecule has 0 aromatic heterocycles. The van der Waals surface area contributed by atoms with Crippen molar-refractivity contribution in [2.75, 3.05) is 37.6 Å². The standard InChI is InChI=1S/C24H31N3O3S/c1-19-6-8-21(9-7-19)18-25-12-4-13-26(16-15-25)31(29,30)23-10-11-24-22(17-23)5-3-14-27(24)20(2)28/h6-11,17H,3-5,12-16,18H2,1-2H3. The van der Waals surface area contributed by atoms with Crippen LogP contribution in [0.15, 0.2) is 47.4 Å². The maximum Gasteiger partial charge on any atom is 0.243 e. The van der Waals surface area contributed by atoms with E-state index in [2.05, 4.69) is 36.1 Å². The first-order valence-corrected chi connectivity index (χ1v) is 12.5. The Morgan fingerprint density at radius 2 is 1.71 bits per heavy atom. The van der Waals surface area contributed by atoms with Crippen molar-refractivity contribution in [2.24, 2.45) is 0 Å². The molecule has 0 N–H and O–H groups in total. The van der Waals surface area contributed by atoms with Gasteiger partial charge in [-0.15, -0.1) is 0 Å².